The number of hydrogen-bond donors (Lipinski definition) is 1. The van der Waals surface area contributed by atoms with Crippen LogP contribution in [0, 0.1) is 5.92 Å². The standard InChI is InChI=1S/C15H23NO/c1-5-12(6-2)15(17)16-14-10-8-7-9-13(14)11(3)4/h7-12H,5-6H2,1-4H3,(H,16,17). The maximum atomic E-state index is 12.0. The average Bonchev–Trinajstić information content (AvgIpc) is 2.31. The molecule has 1 N–H and O–H groups in total. The Hall–Kier alpha value is -1.31. The summed E-state index contributed by atoms with van der Waals surface area (Å²) in [6.07, 6.45) is 1.79. The van der Waals surface area contributed by atoms with E-state index in [-0.39, 0.29) is 11.8 Å². The van der Waals surface area contributed by atoms with Gasteiger partial charge in [0.25, 0.3) is 0 Å². The van der Waals surface area contributed by atoms with Gasteiger partial charge < -0.3 is 5.32 Å². The lowest BCUT2D eigenvalue weighted by molar-refractivity contribution is -0.120. The molecule has 0 aliphatic heterocycles. The molecule has 0 unspecified atom stereocenters. The molecule has 0 saturated carbocycles. The number of para-hydroxylation sites is 1. The zero-order chi connectivity index (χ0) is 12.8. The third-order valence-electron chi connectivity index (χ3n) is 3.20. The Balaban J connectivity index is 2.84. The number of anilines is 1. The van der Waals surface area contributed by atoms with E-state index in [9.17, 15) is 4.79 Å². The number of benzene rings is 1. The zero-order valence-corrected chi connectivity index (χ0v) is 11.3. The minimum Gasteiger partial charge on any atom is -0.326 e. The molecule has 1 rings (SSSR count). The van der Waals surface area contributed by atoms with Gasteiger partial charge in [-0.3, -0.25) is 4.79 Å². The van der Waals surface area contributed by atoms with Crippen LogP contribution in [-0.4, -0.2) is 5.91 Å². The number of carbonyl (C=O) groups is 1. The predicted octanol–water partition coefficient (Wildman–Crippen LogP) is 4.18. The van der Waals surface area contributed by atoms with Crippen LogP contribution >= 0.6 is 0 Å². The van der Waals surface area contributed by atoms with Gasteiger partial charge in [0.05, 0.1) is 0 Å². The summed E-state index contributed by atoms with van der Waals surface area (Å²) in [4.78, 5) is 12.0. The summed E-state index contributed by atoms with van der Waals surface area (Å²) >= 11 is 0. The predicted molar refractivity (Wildman–Crippen MR) is 73.2 cm³/mol. The van der Waals surface area contributed by atoms with Crippen LogP contribution in [0.5, 0.6) is 0 Å². The van der Waals surface area contributed by atoms with E-state index in [4.69, 9.17) is 0 Å². The Morgan fingerprint density at radius 1 is 1.18 bits per heavy atom. The van der Waals surface area contributed by atoms with Crippen molar-refractivity contribution in [3.8, 4) is 0 Å². The quantitative estimate of drug-likeness (QED) is 0.812. The van der Waals surface area contributed by atoms with E-state index < -0.39 is 0 Å². The van der Waals surface area contributed by atoms with Crippen molar-refractivity contribution in [2.24, 2.45) is 5.92 Å². The van der Waals surface area contributed by atoms with Gasteiger partial charge in [0.1, 0.15) is 0 Å². The molecule has 0 saturated heterocycles. The molecule has 0 heterocycles. The van der Waals surface area contributed by atoms with Crippen LogP contribution in [0.1, 0.15) is 52.0 Å². The van der Waals surface area contributed by atoms with Gasteiger partial charge >= 0.3 is 0 Å². The Kier molecular flexibility index (Phi) is 5.20. The molecule has 17 heavy (non-hydrogen) atoms. The van der Waals surface area contributed by atoms with Crippen molar-refractivity contribution in [3.63, 3.8) is 0 Å². The van der Waals surface area contributed by atoms with Crippen LogP contribution < -0.4 is 5.32 Å². The van der Waals surface area contributed by atoms with Crippen molar-refractivity contribution in [2.75, 3.05) is 5.32 Å². The van der Waals surface area contributed by atoms with Gasteiger partial charge in [-0.25, -0.2) is 0 Å². The van der Waals surface area contributed by atoms with Gasteiger partial charge in [0, 0.05) is 11.6 Å². The van der Waals surface area contributed by atoms with Crippen molar-refractivity contribution in [1.82, 2.24) is 0 Å². The summed E-state index contributed by atoms with van der Waals surface area (Å²) in [5, 5.41) is 3.05. The molecule has 94 valence electrons. The van der Waals surface area contributed by atoms with Crippen LogP contribution in [0.15, 0.2) is 24.3 Å². The van der Waals surface area contributed by atoms with Gasteiger partial charge in [-0.1, -0.05) is 45.9 Å². The topological polar surface area (TPSA) is 29.1 Å². The SMILES string of the molecule is CCC(CC)C(=O)Nc1ccccc1C(C)C. The van der Waals surface area contributed by atoms with E-state index in [1.807, 2.05) is 18.2 Å². The highest BCUT2D eigenvalue weighted by atomic mass is 16.1. The minimum absolute atomic E-state index is 0.121. The molecule has 1 aromatic rings. The van der Waals surface area contributed by atoms with Crippen LogP contribution in [-0.2, 0) is 4.79 Å². The van der Waals surface area contributed by atoms with E-state index in [0.717, 1.165) is 18.5 Å². The molecule has 0 spiro atoms. The highest BCUT2D eigenvalue weighted by Crippen LogP contribution is 2.24. The second-order valence-corrected chi connectivity index (χ2v) is 4.74. The van der Waals surface area contributed by atoms with E-state index in [1.54, 1.807) is 0 Å². The van der Waals surface area contributed by atoms with E-state index in [0.29, 0.717) is 5.92 Å². The lowest BCUT2D eigenvalue weighted by atomic mass is 9.99. The number of carbonyl (C=O) groups excluding carboxylic acids is 1. The van der Waals surface area contributed by atoms with Crippen LogP contribution in [0.4, 0.5) is 5.69 Å². The highest BCUT2D eigenvalue weighted by Gasteiger charge is 2.15. The fourth-order valence-electron chi connectivity index (χ4n) is 2.01. The molecule has 1 aromatic carbocycles. The van der Waals surface area contributed by atoms with E-state index in [1.165, 1.54) is 5.56 Å². The monoisotopic (exact) mass is 233 g/mol. The Morgan fingerprint density at radius 3 is 2.29 bits per heavy atom. The maximum Gasteiger partial charge on any atom is 0.227 e. The van der Waals surface area contributed by atoms with Crippen molar-refractivity contribution in [3.05, 3.63) is 29.8 Å². The summed E-state index contributed by atoms with van der Waals surface area (Å²) in [6.45, 7) is 8.40. The molecule has 0 aromatic heterocycles. The molecule has 0 aliphatic carbocycles. The molecule has 2 heteroatoms. The lowest BCUT2D eigenvalue weighted by Gasteiger charge is -2.17. The summed E-state index contributed by atoms with van der Waals surface area (Å²) in [7, 11) is 0. The van der Waals surface area contributed by atoms with Gasteiger partial charge in [-0.05, 0) is 30.4 Å². The molecule has 2 nitrogen and oxygen atoms in total. The first-order valence-electron chi connectivity index (χ1n) is 6.49. The second-order valence-electron chi connectivity index (χ2n) is 4.74. The molecule has 0 bridgehead atoms. The maximum absolute atomic E-state index is 12.0. The highest BCUT2D eigenvalue weighted by molar-refractivity contribution is 5.93. The molecule has 1 amide bonds. The fraction of sp³-hybridized carbons (Fsp3) is 0.533. The smallest absolute Gasteiger partial charge is 0.227 e. The van der Waals surface area contributed by atoms with Crippen molar-refractivity contribution in [1.29, 1.82) is 0 Å². The third-order valence-corrected chi connectivity index (χ3v) is 3.20. The van der Waals surface area contributed by atoms with Gasteiger partial charge in [0.2, 0.25) is 5.91 Å². The third kappa shape index (κ3) is 3.58. The van der Waals surface area contributed by atoms with Gasteiger partial charge in [-0.2, -0.15) is 0 Å². The van der Waals surface area contributed by atoms with Crippen LogP contribution in [0.25, 0.3) is 0 Å². The van der Waals surface area contributed by atoms with Crippen molar-refractivity contribution in [2.45, 2.75) is 46.5 Å². The zero-order valence-electron chi connectivity index (χ0n) is 11.3. The van der Waals surface area contributed by atoms with Crippen molar-refractivity contribution >= 4 is 11.6 Å². The van der Waals surface area contributed by atoms with E-state index >= 15 is 0 Å². The minimum atomic E-state index is 0.121. The average molecular weight is 233 g/mol. The molecule has 0 atom stereocenters. The Labute approximate surface area is 104 Å². The second kappa shape index (κ2) is 6.43. The molecule has 0 aliphatic rings. The number of amides is 1. The molecule has 0 fully saturated rings. The summed E-state index contributed by atoms with van der Waals surface area (Å²) in [6, 6.07) is 8.04. The normalized spacial score (nSPS) is 10.9. The summed E-state index contributed by atoms with van der Waals surface area (Å²) in [5.74, 6) is 0.687. The van der Waals surface area contributed by atoms with Gasteiger partial charge in [0.15, 0.2) is 0 Å². The molecular formula is C15H23NO. The number of hydrogen-bond acceptors (Lipinski definition) is 1. The lowest BCUT2D eigenvalue weighted by Crippen LogP contribution is -2.22. The number of nitrogens with one attached hydrogen (secondary N) is 1. The van der Waals surface area contributed by atoms with Crippen LogP contribution in [0.2, 0.25) is 0 Å². The van der Waals surface area contributed by atoms with Crippen molar-refractivity contribution < 1.29 is 4.79 Å². The molecular weight excluding hydrogens is 210 g/mol. The largest absolute Gasteiger partial charge is 0.326 e. The molecule has 0 radical (unpaired) electrons. The van der Waals surface area contributed by atoms with Crippen LogP contribution in [0.3, 0.4) is 0 Å². The van der Waals surface area contributed by atoms with Gasteiger partial charge in [-0.15, -0.1) is 0 Å². The fourth-order valence-corrected chi connectivity index (χ4v) is 2.01. The van der Waals surface area contributed by atoms with E-state index in [2.05, 4.69) is 39.1 Å². The Morgan fingerprint density at radius 2 is 1.76 bits per heavy atom. The summed E-state index contributed by atoms with van der Waals surface area (Å²) < 4.78 is 0. The number of rotatable bonds is 5. The first kappa shape index (κ1) is 13.8. The first-order chi connectivity index (χ1) is 8.10. The first-order valence-corrected chi connectivity index (χ1v) is 6.49. The Bertz CT molecular complexity index is 367. The summed E-state index contributed by atoms with van der Waals surface area (Å²) in [5.41, 5.74) is 2.16.